The van der Waals surface area contributed by atoms with Gasteiger partial charge in [0, 0.05) is 30.0 Å². The van der Waals surface area contributed by atoms with Crippen LogP contribution < -0.4 is 15.5 Å². The third kappa shape index (κ3) is 3.99. The normalized spacial score (nSPS) is 13.4. The Morgan fingerprint density at radius 2 is 1.72 bits per heavy atom. The van der Waals surface area contributed by atoms with Gasteiger partial charge in [-0.2, -0.15) is 0 Å². The first-order valence-corrected chi connectivity index (χ1v) is 8.65. The van der Waals surface area contributed by atoms with Crippen LogP contribution in [0.3, 0.4) is 0 Å². The van der Waals surface area contributed by atoms with E-state index in [0.29, 0.717) is 12.8 Å². The van der Waals surface area contributed by atoms with Crippen molar-refractivity contribution in [2.45, 2.75) is 33.1 Å². The van der Waals surface area contributed by atoms with E-state index in [4.69, 9.17) is 0 Å². The van der Waals surface area contributed by atoms with Gasteiger partial charge in [0.15, 0.2) is 0 Å². The molecule has 0 spiro atoms. The summed E-state index contributed by atoms with van der Waals surface area (Å²) in [5.74, 6) is 0.173. The highest BCUT2D eigenvalue weighted by Crippen LogP contribution is 2.30. The van der Waals surface area contributed by atoms with Gasteiger partial charge in [0.2, 0.25) is 5.91 Å². The zero-order valence-electron chi connectivity index (χ0n) is 14.6. The summed E-state index contributed by atoms with van der Waals surface area (Å²) >= 11 is 0. The van der Waals surface area contributed by atoms with Crippen LogP contribution in [0.5, 0.6) is 0 Å². The Labute approximate surface area is 148 Å². The van der Waals surface area contributed by atoms with Crippen molar-refractivity contribution >= 4 is 29.0 Å². The molecule has 5 heteroatoms. The molecule has 3 rings (SSSR count). The number of amides is 3. The van der Waals surface area contributed by atoms with Gasteiger partial charge >= 0.3 is 6.03 Å². The molecule has 3 amide bonds. The van der Waals surface area contributed by atoms with Gasteiger partial charge in [-0.3, -0.25) is 4.79 Å². The molecule has 2 aromatic carbocycles. The van der Waals surface area contributed by atoms with Crippen LogP contribution in [0.2, 0.25) is 0 Å². The molecule has 2 aromatic rings. The van der Waals surface area contributed by atoms with Crippen molar-refractivity contribution in [3.63, 3.8) is 0 Å². The van der Waals surface area contributed by atoms with Gasteiger partial charge in [-0.1, -0.05) is 24.6 Å². The maximum Gasteiger partial charge on any atom is 0.323 e. The zero-order chi connectivity index (χ0) is 17.8. The number of benzene rings is 2. The predicted octanol–water partition coefficient (Wildman–Crippen LogP) is 4.33. The second-order valence-corrected chi connectivity index (χ2v) is 6.33. The van der Waals surface area contributed by atoms with Crippen molar-refractivity contribution in [2.24, 2.45) is 0 Å². The number of fused-ring (bicyclic) bond motifs is 1. The lowest BCUT2D eigenvalue weighted by molar-refractivity contribution is -0.118. The van der Waals surface area contributed by atoms with Crippen molar-refractivity contribution in [1.29, 1.82) is 0 Å². The van der Waals surface area contributed by atoms with Crippen molar-refractivity contribution in [2.75, 3.05) is 22.1 Å². The number of aryl methyl sites for hydroxylation is 2. The molecule has 1 aliphatic heterocycles. The first-order valence-electron chi connectivity index (χ1n) is 8.65. The average Bonchev–Trinajstić information content (AvgIpc) is 2.59. The number of nitrogens with zero attached hydrogens (tertiary/aromatic N) is 1. The molecule has 0 saturated carbocycles. The minimum Gasteiger partial charge on any atom is -0.312 e. The van der Waals surface area contributed by atoms with E-state index < -0.39 is 0 Å². The highest BCUT2D eigenvalue weighted by Gasteiger charge is 2.23. The summed E-state index contributed by atoms with van der Waals surface area (Å²) in [6.45, 7) is 4.79. The topological polar surface area (TPSA) is 61.4 Å². The first kappa shape index (κ1) is 17.0. The van der Waals surface area contributed by atoms with Gasteiger partial charge in [0.05, 0.1) is 0 Å². The molecule has 5 nitrogen and oxygen atoms in total. The lowest BCUT2D eigenvalue weighted by atomic mass is 10.00. The Morgan fingerprint density at radius 3 is 2.44 bits per heavy atom. The maximum absolute atomic E-state index is 12.2. The maximum atomic E-state index is 12.2. The molecular formula is C20H23N3O2. The van der Waals surface area contributed by atoms with Crippen LogP contribution in [0.25, 0.3) is 0 Å². The second kappa shape index (κ2) is 7.38. The first-order chi connectivity index (χ1) is 12.1. The highest BCUT2D eigenvalue weighted by atomic mass is 16.2. The van der Waals surface area contributed by atoms with E-state index in [1.165, 1.54) is 0 Å². The summed E-state index contributed by atoms with van der Waals surface area (Å²) in [4.78, 5) is 26.1. The van der Waals surface area contributed by atoms with Crippen LogP contribution in [-0.4, -0.2) is 18.5 Å². The smallest absolute Gasteiger partial charge is 0.312 e. The fraction of sp³-hybridized carbons (Fsp3) is 0.300. The number of urea groups is 1. The van der Waals surface area contributed by atoms with Gasteiger partial charge in [0.1, 0.15) is 0 Å². The fourth-order valence-electron chi connectivity index (χ4n) is 3.04. The molecule has 0 saturated heterocycles. The second-order valence-electron chi connectivity index (χ2n) is 6.33. The van der Waals surface area contributed by atoms with E-state index in [9.17, 15) is 9.59 Å². The summed E-state index contributed by atoms with van der Waals surface area (Å²) in [5.41, 5.74) is 4.69. The minimum absolute atomic E-state index is 0.173. The molecule has 0 atom stereocenters. The van der Waals surface area contributed by atoms with Crippen LogP contribution in [0, 0.1) is 6.92 Å². The Kier molecular flexibility index (Phi) is 5.03. The Balaban J connectivity index is 1.70. The third-order valence-electron chi connectivity index (χ3n) is 4.29. The standard InChI is InChI=1S/C20H23N3O2/c1-3-12-23-18-10-9-17(13-15(18)6-11-19(23)24)22-20(25)21-16-7-4-14(2)5-8-16/h4-5,7-10,13H,3,6,11-12H2,1-2H3,(H2,21,22,25). The predicted molar refractivity (Wildman–Crippen MR) is 101 cm³/mol. The van der Waals surface area contributed by atoms with E-state index in [-0.39, 0.29) is 11.9 Å². The molecule has 0 aliphatic carbocycles. The van der Waals surface area contributed by atoms with E-state index in [1.807, 2.05) is 54.3 Å². The van der Waals surface area contributed by atoms with E-state index in [2.05, 4.69) is 17.6 Å². The number of hydrogen-bond donors (Lipinski definition) is 2. The fourth-order valence-corrected chi connectivity index (χ4v) is 3.04. The van der Waals surface area contributed by atoms with Crippen LogP contribution in [0.4, 0.5) is 21.9 Å². The van der Waals surface area contributed by atoms with E-state index in [1.54, 1.807) is 0 Å². The molecule has 2 N–H and O–H groups in total. The van der Waals surface area contributed by atoms with Gasteiger partial charge in [0.25, 0.3) is 0 Å². The number of nitrogens with one attached hydrogen (secondary N) is 2. The number of anilines is 3. The van der Waals surface area contributed by atoms with Gasteiger partial charge in [-0.05, 0) is 55.7 Å². The van der Waals surface area contributed by atoms with Crippen LogP contribution >= 0.6 is 0 Å². The molecule has 0 radical (unpaired) electrons. The quantitative estimate of drug-likeness (QED) is 0.872. The lowest BCUT2D eigenvalue weighted by Crippen LogP contribution is -2.35. The number of hydrogen-bond acceptors (Lipinski definition) is 2. The monoisotopic (exact) mass is 337 g/mol. The molecular weight excluding hydrogens is 314 g/mol. The number of rotatable bonds is 4. The van der Waals surface area contributed by atoms with E-state index in [0.717, 1.165) is 41.2 Å². The number of carbonyl (C=O) groups is 2. The molecule has 0 bridgehead atoms. The molecule has 0 fully saturated rings. The molecule has 130 valence electrons. The summed E-state index contributed by atoms with van der Waals surface area (Å²) in [6.07, 6.45) is 2.15. The van der Waals surface area contributed by atoms with Gasteiger partial charge in [-0.25, -0.2) is 4.79 Å². The number of carbonyl (C=O) groups excluding carboxylic acids is 2. The van der Waals surface area contributed by atoms with Gasteiger partial charge < -0.3 is 15.5 Å². The Morgan fingerprint density at radius 1 is 1.04 bits per heavy atom. The van der Waals surface area contributed by atoms with Crippen molar-refractivity contribution < 1.29 is 9.59 Å². The molecule has 1 aliphatic rings. The lowest BCUT2D eigenvalue weighted by Gasteiger charge is -2.29. The minimum atomic E-state index is -0.277. The summed E-state index contributed by atoms with van der Waals surface area (Å²) in [7, 11) is 0. The van der Waals surface area contributed by atoms with E-state index >= 15 is 0 Å². The SMILES string of the molecule is CCCN1C(=O)CCc2cc(NC(=O)Nc3ccc(C)cc3)ccc21. The largest absolute Gasteiger partial charge is 0.323 e. The summed E-state index contributed by atoms with van der Waals surface area (Å²) < 4.78 is 0. The summed E-state index contributed by atoms with van der Waals surface area (Å²) in [5, 5.41) is 5.68. The summed E-state index contributed by atoms with van der Waals surface area (Å²) in [6, 6.07) is 13.1. The molecule has 25 heavy (non-hydrogen) atoms. The molecule has 1 heterocycles. The van der Waals surface area contributed by atoms with Crippen molar-refractivity contribution in [1.82, 2.24) is 0 Å². The zero-order valence-corrected chi connectivity index (χ0v) is 14.6. The Bertz CT molecular complexity index is 784. The van der Waals surface area contributed by atoms with Crippen molar-refractivity contribution in [3.8, 4) is 0 Å². The van der Waals surface area contributed by atoms with Crippen LogP contribution in [-0.2, 0) is 11.2 Å². The highest BCUT2D eigenvalue weighted by molar-refractivity contribution is 6.01. The average molecular weight is 337 g/mol. The molecule has 0 aromatic heterocycles. The third-order valence-corrected chi connectivity index (χ3v) is 4.29. The van der Waals surface area contributed by atoms with Crippen molar-refractivity contribution in [3.05, 3.63) is 53.6 Å². The molecule has 0 unspecified atom stereocenters. The van der Waals surface area contributed by atoms with Crippen LogP contribution in [0.1, 0.15) is 30.9 Å². The Hall–Kier alpha value is -2.82. The van der Waals surface area contributed by atoms with Crippen LogP contribution in [0.15, 0.2) is 42.5 Å². The van der Waals surface area contributed by atoms with Gasteiger partial charge in [-0.15, -0.1) is 0 Å².